The molecule has 0 radical (unpaired) electrons. The molecule has 8 nitrogen and oxygen atoms in total. The summed E-state index contributed by atoms with van der Waals surface area (Å²) in [7, 11) is 0. The van der Waals surface area contributed by atoms with E-state index in [0.717, 1.165) is 31.5 Å². The number of carbonyl (C=O) groups is 1. The summed E-state index contributed by atoms with van der Waals surface area (Å²) in [6.45, 7) is 0.571. The first-order chi connectivity index (χ1) is 11.6. The van der Waals surface area contributed by atoms with Crippen molar-refractivity contribution >= 4 is 23.4 Å². The Balaban J connectivity index is 1.51. The van der Waals surface area contributed by atoms with Gasteiger partial charge in [0, 0.05) is 23.6 Å². The first-order valence-electron chi connectivity index (χ1n) is 7.88. The van der Waals surface area contributed by atoms with Gasteiger partial charge in [0.25, 0.3) is 0 Å². The van der Waals surface area contributed by atoms with Crippen molar-refractivity contribution < 1.29 is 15.3 Å². The van der Waals surface area contributed by atoms with E-state index < -0.39 is 6.09 Å². The summed E-state index contributed by atoms with van der Waals surface area (Å²) >= 11 is 5.80. The second kappa shape index (κ2) is 7.14. The summed E-state index contributed by atoms with van der Waals surface area (Å²) < 4.78 is 6.85. The lowest BCUT2D eigenvalue weighted by Gasteiger charge is -2.18. The van der Waals surface area contributed by atoms with Gasteiger partial charge >= 0.3 is 6.09 Å². The summed E-state index contributed by atoms with van der Waals surface area (Å²) in [6.07, 6.45) is 3.70. The van der Waals surface area contributed by atoms with Crippen LogP contribution < -0.4 is 11.1 Å². The lowest BCUT2D eigenvalue weighted by Crippen LogP contribution is -2.69. The van der Waals surface area contributed by atoms with Gasteiger partial charge in [-0.05, 0) is 47.5 Å². The Morgan fingerprint density at radius 1 is 1.33 bits per heavy atom. The fraction of sp³-hybridized carbons (Fsp3) is 0.467. The number of carbonyl (C=O) groups excluding carboxylic acids is 1. The van der Waals surface area contributed by atoms with Gasteiger partial charge in [-0.25, -0.2) is 9.48 Å². The summed E-state index contributed by atoms with van der Waals surface area (Å²) in [5.41, 5.74) is 4.68. The van der Waals surface area contributed by atoms with Gasteiger partial charge in [-0.3, -0.25) is 5.32 Å². The molecule has 2 aromatic rings. The first kappa shape index (κ1) is 16.7. The molecule has 1 fully saturated rings. The van der Waals surface area contributed by atoms with E-state index >= 15 is 0 Å². The number of amides is 1. The summed E-state index contributed by atoms with van der Waals surface area (Å²) in [5, 5.41) is 15.1. The van der Waals surface area contributed by atoms with E-state index in [1.165, 1.54) is 0 Å². The van der Waals surface area contributed by atoms with Crippen LogP contribution in [0.1, 0.15) is 31.5 Å². The number of halogens is 1. The van der Waals surface area contributed by atoms with Crippen molar-refractivity contribution in [1.29, 1.82) is 0 Å². The number of tetrazole rings is 1. The topological polar surface area (TPSA) is 110 Å². The van der Waals surface area contributed by atoms with Crippen molar-refractivity contribution in [3.05, 3.63) is 35.1 Å². The lowest BCUT2D eigenvalue weighted by molar-refractivity contribution is -0.489. The Kier molecular flexibility index (Phi) is 4.96. The number of rotatable bonds is 5. The van der Waals surface area contributed by atoms with E-state index in [0.29, 0.717) is 17.3 Å². The Morgan fingerprint density at radius 2 is 2.04 bits per heavy atom. The van der Waals surface area contributed by atoms with Crippen molar-refractivity contribution in [1.82, 2.24) is 20.2 Å². The molecule has 4 N–H and O–H groups in total. The third kappa shape index (κ3) is 3.82. The van der Waals surface area contributed by atoms with Crippen LogP contribution in [-0.2, 0) is 16.8 Å². The molecule has 9 heteroatoms. The molecule has 0 bridgehead atoms. The fourth-order valence-electron chi connectivity index (χ4n) is 2.92. The van der Waals surface area contributed by atoms with E-state index in [1.807, 2.05) is 0 Å². The number of aromatic nitrogens is 4. The second-order valence-corrected chi connectivity index (χ2v) is 6.42. The van der Waals surface area contributed by atoms with Gasteiger partial charge < -0.3 is 10.5 Å². The van der Waals surface area contributed by atoms with Crippen molar-refractivity contribution in [2.45, 2.75) is 37.8 Å². The van der Waals surface area contributed by atoms with Gasteiger partial charge in [0.15, 0.2) is 5.54 Å². The Morgan fingerprint density at radius 3 is 2.75 bits per heavy atom. The van der Waals surface area contributed by atoms with Crippen molar-refractivity contribution in [2.75, 3.05) is 11.9 Å². The highest BCUT2D eigenvalue weighted by atomic mass is 35.5. The number of nitrogens with zero attached hydrogens (tertiary/aromatic N) is 4. The number of nitrogens with one attached hydrogen (secondary N) is 1. The lowest BCUT2D eigenvalue weighted by atomic mass is 9.98. The molecule has 1 aliphatic carbocycles. The number of ether oxygens (including phenoxy) is 1. The number of quaternary nitrogens is 1. The van der Waals surface area contributed by atoms with Gasteiger partial charge in [0.1, 0.15) is 6.61 Å². The first-order valence-corrected chi connectivity index (χ1v) is 8.26. The molecule has 0 saturated heterocycles. The zero-order valence-corrected chi connectivity index (χ0v) is 14.0. The molecule has 1 aromatic heterocycles. The normalized spacial score (nSPS) is 16.1. The molecule has 128 valence electrons. The molecule has 1 heterocycles. The quantitative estimate of drug-likeness (QED) is 0.850. The number of anilines is 1. The van der Waals surface area contributed by atoms with Crippen molar-refractivity contribution in [3.63, 3.8) is 0 Å². The highest BCUT2D eigenvalue weighted by Crippen LogP contribution is 2.32. The Bertz CT molecular complexity index is 696. The average Bonchev–Trinajstić information content (AvgIpc) is 3.19. The van der Waals surface area contributed by atoms with E-state index in [-0.39, 0.29) is 12.1 Å². The molecule has 0 aliphatic heterocycles. The Hall–Kier alpha value is -2.19. The molecule has 1 aromatic carbocycles. The summed E-state index contributed by atoms with van der Waals surface area (Å²) in [4.78, 5) is 11.8. The molecule has 1 amide bonds. The molecular weight excluding hydrogens is 332 g/mol. The highest BCUT2D eigenvalue weighted by molar-refractivity contribution is 6.30. The van der Waals surface area contributed by atoms with Crippen LogP contribution in [0.3, 0.4) is 0 Å². The van der Waals surface area contributed by atoms with E-state index in [4.69, 9.17) is 16.3 Å². The molecular formula is C15H20ClN6O2+. The fourth-order valence-corrected chi connectivity index (χ4v) is 3.05. The largest absolute Gasteiger partial charge is 0.447 e. The second-order valence-electron chi connectivity index (χ2n) is 5.98. The van der Waals surface area contributed by atoms with Gasteiger partial charge in [-0.2, -0.15) is 0 Å². The number of hydrogen-bond donors (Lipinski definition) is 2. The van der Waals surface area contributed by atoms with Gasteiger partial charge in [0.05, 0.1) is 6.54 Å². The predicted octanol–water partition coefficient (Wildman–Crippen LogP) is 1.59. The maximum atomic E-state index is 11.8. The van der Waals surface area contributed by atoms with Crippen LogP contribution in [0, 0.1) is 0 Å². The molecule has 3 rings (SSSR count). The number of hydrogen-bond acceptors (Lipinski definition) is 5. The molecule has 0 unspecified atom stereocenters. The van der Waals surface area contributed by atoms with E-state index in [9.17, 15) is 4.79 Å². The third-order valence-electron chi connectivity index (χ3n) is 4.19. The molecule has 0 spiro atoms. The van der Waals surface area contributed by atoms with Gasteiger partial charge in [-0.15, -0.1) is 5.10 Å². The molecule has 0 atom stereocenters. The molecule has 1 saturated carbocycles. The third-order valence-corrected chi connectivity index (χ3v) is 4.45. The van der Waals surface area contributed by atoms with Crippen LogP contribution in [0.5, 0.6) is 0 Å². The minimum absolute atomic E-state index is 0.174. The summed E-state index contributed by atoms with van der Waals surface area (Å²) in [5.74, 6) is 0.765. The van der Waals surface area contributed by atoms with Crippen LogP contribution in [0.15, 0.2) is 24.3 Å². The minimum Gasteiger partial charge on any atom is -0.447 e. The summed E-state index contributed by atoms with van der Waals surface area (Å²) in [6, 6.07) is 6.80. The monoisotopic (exact) mass is 351 g/mol. The van der Waals surface area contributed by atoms with Crippen LogP contribution in [0.2, 0.25) is 5.02 Å². The van der Waals surface area contributed by atoms with Gasteiger partial charge in [0.2, 0.25) is 5.82 Å². The predicted molar refractivity (Wildman–Crippen MR) is 87.3 cm³/mol. The zero-order chi connectivity index (χ0) is 17.0. The maximum absolute atomic E-state index is 11.8. The van der Waals surface area contributed by atoms with Crippen LogP contribution in [-0.4, -0.2) is 32.9 Å². The van der Waals surface area contributed by atoms with E-state index in [1.54, 1.807) is 28.9 Å². The van der Waals surface area contributed by atoms with Crippen molar-refractivity contribution in [2.24, 2.45) is 0 Å². The Labute approximate surface area is 144 Å². The molecule has 24 heavy (non-hydrogen) atoms. The zero-order valence-electron chi connectivity index (χ0n) is 13.2. The standard InChI is InChI=1S/C15H19ClN6O2/c16-11-3-5-12(6-4-11)18-14(23)24-10-9-22-13(19-20-21-22)15(17)7-1-2-8-15/h3-6H,1-2,7-10,17H2,(H,18,23)/p+1. The van der Waals surface area contributed by atoms with Crippen LogP contribution >= 0.6 is 11.6 Å². The smallest absolute Gasteiger partial charge is 0.411 e. The van der Waals surface area contributed by atoms with Gasteiger partial charge in [-0.1, -0.05) is 11.6 Å². The number of benzene rings is 1. The van der Waals surface area contributed by atoms with Crippen LogP contribution in [0.4, 0.5) is 10.5 Å². The average molecular weight is 352 g/mol. The molecule has 1 aliphatic rings. The van der Waals surface area contributed by atoms with E-state index in [2.05, 4.69) is 26.6 Å². The minimum atomic E-state index is -0.530. The highest BCUT2D eigenvalue weighted by Gasteiger charge is 2.40. The van der Waals surface area contributed by atoms with Crippen LogP contribution in [0.25, 0.3) is 0 Å². The maximum Gasteiger partial charge on any atom is 0.411 e. The van der Waals surface area contributed by atoms with Crippen molar-refractivity contribution in [3.8, 4) is 0 Å². The SMILES string of the molecule is [NH3+]C1(c2nnnn2CCOC(=O)Nc2ccc(Cl)cc2)CCCC1.